The highest BCUT2D eigenvalue weighted by Crippen LogP contribution is 2.70. The minimum absolute atomic E-state index is 0.0108. The van der Waals surface area contributed by atoms with Crippen molar-refractivity contribution in [3.8, 4) is 28.8 Å². The minimum Gasteiger partial charge on any atom is -0.494 e. The van der Waals surface area contributed by atoms with E-state index in [1.54, 1.807) is 30.1 Å². The van der Waals surface area contributed by atoms with Gasteiger partial charge in [0.15, 0.2) is 5.82 Å². The number of pyridine rings is 2. The summed E-state index contributed by atoms with van der Waals surface area (Å²) < 4.78 is 12.3. The lowest BCUT2D eigenvalue weighted by Gasteiger charge is -2.56. The number of aromatic nitrogens is 7. The molecule has 10 rings (SSSR count). The van der Waals surface area contributed by atoms with E-state index in [4.69, 9.17) is 14.7 Å². The molecule has 3 aliphatic heterocycles. The molecule has 4 unspecified atom stereocenters. The van der Waals surface area contributed by atoms with Crippen LogP contribution >= 0.6 is 10.9 Å². The van der Waals surface area contributed by atoms with Crippen LogP contribution in [-0.2, 0) is 13.1 Å². The summed E-state index contributed by atoms with van der Waals surface area (Å²) in [6, 6.07) is 13.4. The third-order valence-corrected chi connectivity index (χ3v) is 14.2. The van der Waals surface area contributed by atoms with Crippen molar-refractivity contribution < 1.29 is 14.6 Å². The van der Waals surface area contributed by atoms with Crippen LogP contribution in [0.5, 0.6) is 11.6 Å². The first-order valence-corrected chi connectivity index (χ1v) is 17.9. The molecule has 47 heavy (non-hydrogen) atoms. The monoisotopic (exact) mass is 646 g/mol. The summed E-state index contributed by atoms with van der Waals surface area (Å²) >= 11 is 0. The second-order valence-electron chi connectivity index (χ2n) is 13.4. The Morgan fingerprint density at radius 1 is 1.06 bits per heavy atom. The van der Waals surface area contributed by atoms with Crippen LogP contribution in [0, 0.1) is 5.92 Å². The van der Waals surface area contributed by atoms with Crippen LogP contribution in [0.25, 0.3) is 39.3 Å². The van der Waals surface area contributed by atoms with Gasteiger partial charge in [-0.25, -0.2) is 30.5 Å². The molecule has 4 fully saturated rings. The third-order valence-electron chi connectivity index (χ3n) is 10.5. The molecule has 1 N–H and O–H groups in total. The molecule has 11 nitrogen and oxygen atoms in total. The molecular weight excluding hydrogens is 613 g/mol. The Kier molecular flexibility index (Phi) is 5.85. The van der Waals surface area contributed by atoms with Gasteiger partial charge in [0.25, 0.3) is 5.91 Å². The van der Waals surface area contributed by atoms with Crippen molar-refractivity contribution in [2.45, 2.75) is 54.6 Å². The molecule has 8 heterocycles. The molecule has 4 aliphatic rings. The van der Waals surface area contributed by atoms with Gasteiger partial charge in [-0.15, -0.1) is 0 Å². The highest BCUT2D eigenvalue weighted by atomic mass is 32.2. The van der Waals surface area contributed by atoms with Gasteiger partial charge in [-0.3, -0.25) is 4.79 Å². The molecule has 0 spiro atoms. The number of ether oxygens (including phenoxy) is 1. The SMILES string of the molecule is COc1cc(C(=O)N2CC3CC4CC2[SH]43)cc2nc(-c3cc4cccnc4n3CC3CC3)n(Cc3cnn(-c4ccc(O)nc4)c3)c12. The van der Waals surface area contributed by atoms with Gasteiger partial charge in [-0.2, -0.15) is 5.10 Å². The molecule has 1 aromatic carbocycles. The van der Waals surface area contributed by atoms with Crippen molar-refractivity contribution in [2.24, 2.45) is 5.92 Å². The third kappa shape index (κ3) is 4.23. The van der Waals surface area contributed by atoms with E-state index < -0.39 is 0 Å². The predicted octanol–water partition coefficient (Wildman–Crippen LogP) is 5.13. The molecule has 6 aromatic rings. The Labute approximate surface area is 273 Å². The fraction of sp³-hybridized carbons (Fsp3) is 0.343. The van der Waals surface area contributed by atoms with Crippen LogP contribution in [0.15, 0.2) is 67.3 Å². The molecule has 1 aliphatic carbocycles. The first-order chi connectivity index (χ1) is 23.0. The average molecular weight is 647 g/mol. The number of hydrogen-bond donors (Lipinski definition) is 2. The Morgan fingerprint density at radius 2 is 1.98 bits per heavy atom. The van der Waals surface area contributed by atoms with E-state index in [-0.39, 0.29) is 22.7 Å². The lowest BCUT2D eigenvalue weighted by Crippen LogP contribution is -2.47. The smallest absolute Gasteiger partial charge is 0.254 e. The first kappa shape index (κ1) is 27.3. The molecule has 5 aromatic heterocycles. The lowest BCUT2D eigenvalue weighted by molar-refractivity contribution is 0.0753. The number of imidazole rings is 1. The molecule has 1 saturated carbocycles. The molecule has 3 saturated heterocycles. The van der Waals surface area contributed by atoms with E-state index in [0.717, 1.165) is 68.4 Å². The standard InChI is InChI=1S/C35H34N8O3S/c1-46-29-11-23(35(45)41-19-26-12-25-13-31(41)47(25)26)9-27-32(29)42(17-21-14-38-43(18-21)24-6-7-30(44)37-15-24)34(39-27)28-10-22-3-2-8-36-33(22)40(28)16-20-4-5-20/h2-3,6-11,14-15,18,20,25-26,31,47H,4-5,12-13,16-17,19H2,1H3,(H,37,44). The molecule has 4 atom stereocenters. The normalized spacial score (nSPS) is 23.6. The second kappa shape index (κ2) is 10.1. The van der Waals surface area contributed by atoms with Gasteiger partial charge in [-0.05, 0) is 73.2 Å². The molecule has 1 amide bonds. The van der Waals surface area contributed by atoms with Crippen molar-refractivity contribution in [3.05, 3.63) is 78.4 Å². The molecule has 0 radical (unpaired) electrons. The zero-order valence-electron chi connectivity index (χ0n) is 25.9. The Balaban J connectivity index is 1.12. The maximum Gasteiger partial charge on any atom is 0.254 e. The van der Waals surface area contributed by atoms with E-state index in [1.807, 2.05) is 36.8 Å². The van der Waals surface area contributed by atoms with Gasteiger partial charge >= 0.3 is 0 Å². The molecular formula is C35H34N8O3S. The summed E-state index contributed by atoms with van der Waals surface area (Å²) in [6.07, 6.45) is 12.1. The van der Waals surface area contributed by atoms with Crippen molar-refractivity contribution in [1.29, 1.82) is 0 Å². The summed E-state index contributed by atoms with van der Waals surface area (Å²) in [5, 5.41) is 17.4. The van der Waals surface area contributed by atoms with Gasteiger partial charge < -0.3 is 23.9 Å². The summed E-state index contributed by atoms with van der Waals surface area (Å²) in [6.45, 7) is 2.24. The zero-order chi connectivity index (χ0) is 31.4. The van der Waals surface area contributed by atoms with Crippen LogP contribution in [0.4, 0.5) is 0 Å². The summed E-state index contributed by atoms with van der Waals surface area (Å²) in [4.78, 5) is 30.2. The highest BCUT2D eigenvalue weighted by Gasteiger charge is 2.59. The van der Waals surface area contributed by atoms with Crippen molar-refractivity contribution in [3.63, 3.8) is 0 Å². The second-order valence-corrected chi connectivity index (χ2v) is 16.4. The number of amides is 1. The van der Waals surface area contributed by atoms with Crippen LogP contribution in [0.3, 0.4) is 0 Å². The van der Waals surface area contributed by atoms with E-state index in [9.17, 15) is 9.90 Å². The van der Waals surface area contributed by atoms with E-state index in [2.05, 4.69) is 36.2 Å². The summed E-state index contributed by atoms with van der Waals surface area (Å²) in [5.41, 5.74) is 5.85. The maximum absolute atomic E-state index is 14.0. The summed E-state index contributed by atoms with van der Waals surface area (Å²) in [7, 11) is 1.68. The Morgan fingerprint density at radius 3 is 2.77 bits per heavy atom. The van der Waals surface area contributed by atoms with E-state index in [0.29, 0.717) is 29.1 Å². The number of carbonyl (C=O) groups excluding carboxylic acids is 1. The number of nitrogens with zero attached hydrogens (tertiary/aromatic N) is 8. The summed E-state index contributed by atoms with van der Waals surface area (Å²) in [5.74, 6) is 2.11. The van der Waals surface area contributed by atoms with E-state index in [1.165, 1.54) is 25.7 Å². The number of likely N-dealkylation sites (tertiary alicyclic amines) is 1. The number of hydrogen-bond acceptors (Lipinski definition) is 7. The number of carbonyl (C=O) groups is 1. The van der Waals surface area contributed by atoms with Gasteiger partial charge in [0.1, 0.15) is 16.9 Å². The zero-order valence-corrected chi connectivity index (χ0v) is 26.8. The number of aromatic hydroxyl groups is 1. The average Bonchev–Trinajstić information content (AvgIpc) is 3.47. The number of rotatable bonds is 8. The molecule has 0 bridgehead atoms. The first-order valence-electron chi connectivity index (χ1n) is 16.3. The topological polar surface area (TPSA) is 116 Å². The largest absolute Gasteiger partial charge is 0.494 e. The molecule has 238 valence electrons. The number of fused-ring (bicyclic) bond motifs is 2. The molecule has 12 heteroatoms. The van der Waals surface area contributed by atoms with Crippen LogP contribution in [0.1, 0.15) is 41.6 Å². The van der Waals surface area contributed by atoms with Crippen molar-refractivity contribution in [2.75, 3.05) is 13.7 Å². The number of thiol groups is 1. The van der Waals surface area contributed by atoms with E-state index >= 15 is 0 Å². The van der Waals surface area contributed by atoms with Gasteiger partial charge in [0.2, 0.25) is 5.88 Å². The van der Waals surface area contributed by atoms with Gasteiger partial charge in [0, 0.05) is 53.3 Å². The van der Waals surface area contributed by atoms with Crippen LogP contribution < -0.4 is 4.74 Å². The number of benzene rings is 1. The minimum atomic E-state index is -0.0355. The van der Waals surface area contributed by atoms with Crippen LogP contribution in [0.2, 0.25) is 0 Å². The van der Waals surface area contributed by atoms with Gasteiger partial charge in [0.05, 0.1) is 48.3 Å². The Hall–Kier alpha value is -4.84. The van der Waals surface area contributed by atoms with Crippen molar-refractivity contribution in [1.82, 2.24) is 38.8 Å². The Bertz CT molecular complexity index is 2220. The fourth-order valence-corrected chi connectivity index (χ4v) is 11.6. The van der Waals surface area contributed by atoms with Crippen LogP contribution in [-0.4, -0.2) is 79.3 Å². The highest BCUT2D eigenvalue weighted by molar-refractivity contribution is 8.21. The van der Waals surface area contributed by atoms with Crippen molar-refractivity contribution >= 4 is 38.9 Å². The number of methoxy groups -OCH3 is 1. The maximum atomic E-state index is 14.0. The van der Waals surface area contributed by atoms with Gasteiger partial charge in [-0.1, -0.05) is 0 Å². The lowest BCUT2D eigenvalue weighted by atomic mass is 10.1. The predicted molar refractivity (Wildman–Crippen MR) is 180 cm³/mol. The fourth-order valence-electron chi connectivity index (χ4n) is 7.99. The quantitative estimate of drug-likeness (QED) is 0.220.